The van der Waals surface area contributed by atoms with E-state index in [2.05, 4.69) is 20.9 Å². The van der Waals surface area contributed by atoms with E-state index in [4.69, 9.17) is 4.74 Å². The van der Waals surface area contributed by atoms with Crippen LogP contribution in [0.4, 0.5) is 0 Å². The molecule has 0 aliphatic heterocycles. The van der Waals surface area contributed by atoms with Crippen LogP contribution >= 0.6 is 15.9 Å². The van der Waals surface area contributed by atoms with E-state index in [1.54, 1.807) is 18.3 Å². The molecule has 1 aromatic rings. The normalized spacial score (nSPS) is 15.2. The zero-order valence-corrected chi connectivity index (χ0v) is 9.16. The number of ether oxygens (including phenoxy) is 1. The van der Waals surface area contributed by atoms with Crippen LogP contribution in [0.3, 0.4) is 0 Å². The first kappa shape index (κ1) is 9.65. The van der Waals surface area contributed by atoms with Gasteiger partial charge in [0.25, 0.3) is 0 Å². The van der Waals surface area contributed by atoms with Crippen molar-refractivity contribution in [2.45, 2.75) is 19.3 Å². The van der Waals surface area contributed by atoms with Gasteiger partial charge in [0, 0.05) is 23.2 Å². The fourth-order valence-electron chi connectivity index (χ4n) is 1.14. The summed E-state index contributed by atoms with van der Waals surface area (Å²) in [4.78, 5) is 15.2. The molecular formula is C10H10BrNO2. The van der Waals surface area contributed by atoms with Crippen molar-refractivity contribution in [3.8, 4) is 5.88 Å². The summed E-state index contributed by atoms with van der Waals surface area (Å²) >= 11 is 3.26. The van der Waals surface area contributed by atoms with Gasteiger partial charge in [-0.1, -0.05) is 0 Å². The Morgan fingerprint density at radius 1 is 1.57 bits per heavy atom. The highest BCUT2D eigenvalue weighted by atomic mass is 79.9. The van der Waals surface area contributed by atoms with Crippen LogP contribution in [-0.2, 0) is 4.79 Å². The van der Waals surface area contributed by atoms with Crippen LogP contribution in [0, 0.1) is 5.92 Å². The standard InChI is InChI=1S/C10H10BrNO2/c11-8-3-4-9(12-6-8)14-10(13)5-7-1-2-7/h3-4,6-7H,1-2,5H2. The fraction of sp³-hybridized carbons (Fsp3) is 0.400. The number of nitrogens with zero attached hydrogens (tertiary/aromatic N) is 1. The van der Waals surface area contributed by atoms with E-state index in [1.165, 1.54) is 0 Å². The summed E-state index contributed by atoms with van der Waals surface area (Å²) in [6.45, 7) is 0. The van der Waals surface area contributed by atoms with Crippen LogP contribution in [0.15, 0.2) is 22.8 Å². The number of hydrogen-bond acceptors (Lipinski definition) is 3. The van der Waals surface area contributed by atoms with E-state index in [1.807, 2.05) is 0 Å². The minimum Gasteiger partial charge on any atom is -0.407 e. The molecule has 14 heavy (non-hydrogen) atoms. The van der Waals surface area contributed by atoms with Crippen LogP contribution in [0.5, 0.6) is 5.88 Å². The lowest BCUT2D eigenvalue weighted by atomic mass is 10.3. The number of hydrogen-bond donors (Lipinski definition) is 0. The van der Waals surface area contributed by atoms with Crippen LogP contribution in [0.2, 0.25) is 0 Å². The van der Waals surface area contributed by atoms with Crippen molar-refractivity contribution in [1.82, 2.24) is 4.98 Å². The van der Waals surface area contributed by atoms with E-state index >= 15 is 0 Å². The molecule has 74 valence electrons. The molecule has 0 amide bonds. The van der Waals surface area contributed by atoms with E-state index in [0.29, 0.717) is 18.2 Å². The summed E-state index contributed by atoms with van der Waals surface area (Å²) < 4.78 is 5.92. The van der Waals surface area contributed by atoms with Gasteiger partial charge in [0.05, 0.1) is 0 Å². The molecule has 1 fully saturated rings. The van der Waals surface area contributed by atoms with Gasteiger partial charge >= 0.3 is 5.97 Å². The van der Waals surface area contributed by atoms with Gasteiger partial charge in [0.2, 0.25) is 5.88 Å². The monoisotopic (exact) mass is 255 g/mol. The van der Waals surface area contributed by atoms with Gasteiger partial charge in [0.15, 0.2) is 0 Å². The van der Waals surface area contributed by atoms with Crippen LogP contribution < -0.4 is 4.74 Å². The molecule has 0 radical (unpaired) electrons. The van der Waals surface area contributed by atoms with Crippen molar-refractivity contribution < 1.29 is 9.53 Å². The topological polar surface area (TPSA) is 39.2 Å². The molecule has 3 nitrogen and oxygen atoms in total. The second-order valence-corrected chi connectivity index (χ2v) is 4.35. The average molecular weight is 256 g/mol. The molecular weight excluding hydrogens is 246 g/mol. The highest BCUT2D eigenvalue weighted by Crippen LogP contribution is 2.32. The van der Waals surface area contributed by atoms with Gasteiger partial charge in [-0.25, -0.2) is 4.98 Å². The van der Waals surface area contributed by atoms with Crippen molar-refractivity contribution in [3.63, 3.8) is 0 Å². The van der Waals surface area contributed by atoms with Crippen LogP contribution in [0.25, 0.3) is 0 Å². The molecule has 0 unspecified atom stereocenters. The Morgan fingerprint density at radius 3 is 2.93 bits per heavy atom. The number of esters is 1. The predicted octanol–water partition coefficient (Wildman–Crippen LogP) is 2.55. The fourth-order valence-corrected chi connectivity index (χ4v) is 1.37. The predicted molar refractivity (Wildman–Crippen MR) is 54.9 cm³/mol. The summed E-state index contributed by atoms with van der Waals surface area (Å²) in [5, 5.41) is 0. The maximum atomic E-state index is 11.3. The minimum absolute atomic E-state index is 0.178. The summed E-state index contributed by atoms with van der Waals surface area (Å²) in [5.74, 6) is 0.749. The smallest absolute Gasteiger partial charge is 0.312 e. The first-order valence-corrected chi connectivity index (χ1v) is 5.35. The molecule has 0 N–H and O–H groups in total. The van der Waals surface area contributed by atoms with Crippen molar-refractivity contribution in [1.29, 1.82) is 0 Å². The highest BCUT2D eigenvalue weighted by Gasteiger charge is 2.25. The maximum absolute atomic E-state index is 11.3. The lowest BCUT2D eigenvalue weighted by molar-refractivity contribution is -0.135. The number of pyridine rings is 1. The average Bonchev–Trinajstić information content (AvgIpc) is 2.93. The Balaban J connectivity index is 1.89. The third-order valence-electron chi connectivity index (χ3n) is 2.07. The number of aromatic nitrogens is 1. The lowest BCUT2D eigenvalue weighted by Crippen LogP contribution is -2.09. The number of rotatable bonds is 3. The van der Waals surface area contributed by atoms with Crippen molar-refractivity contribution in [2.75, 3.05) is 0 Å². The maximum Gasteiger partial charge on any atom is 0.312 e. The molecule has 0 atom stereocenters. The van der Waals surface area contributed by atoms with E-state index in [9.17, 15) is 4.79 Å². The third-order valence-corrected chi connectivity index (χ3v) is 2.54. The summed E-state index contributed by atoms with van der Waals surface area (Å²) in [5.41, 5.74) is 0. The Kier molecular flexibility index (Phi) is 2.82. The van der Waals surface area contributed by atoms with E-state index < -0.39 is 0 Å². The second-order valence-electron chi connectivity index (χ2n) is 3.44. The first-order chi connectivity index (χ1) is 6.74. The zero-order chi connectivity index (χ0) is 9.97. The second kappa shape index (κ2) is 4.09. The largest absolute Gasteiger partial charge is 0.407 e. The summed E-state index contributed by atoms with van der Waals surface area (Å²) in [6.07, 6.45) is 4.45. The van der Waals surface area contributed by atoms with E-state index in [-0.39, 0.29) is 5.97 Å². The molecule has 0 aromatic carbocycles. The zero-order valence-electron chi connectivity index (χ0n) is 7.57. The van der Waals surface area contributed by atoms with Crippen molar-refractivity contribution in [2.24, 2.45) is 5.92 Å². The van der Waals surface area contributed by atoms with Crippen molar-refractivity contribution in [3.05, 3.63) is 22.8 Å². The molecule has 0 saturated heterocycles. The lowest BCUT2D eigenvalue weighted by Gasteiger charge is -2.01. The quantitative estimate of drug-likeness (QED) is 0.780. The number of halogens is 1. The SMILES string of the molecule is O=C(CC1CC1)Oc1ccc(Br)cn1. The van der Waals surface area contributed by atoms with Gasteiger partial charge in [-0.15, -0.1) is 0 Å². The van der Waals surface area contributed by atoms with Gasteiger partial charge in [-0.2, -0.15) is 0 Å². The molecule has 1 aliphatic rings. The highest BCUT2D eigenvalue weighted by molar-refractivity contribution is 9.10. The van der Waals surface area contributed by atoms with Gasteiger partial charge in [0.1, 0.15) is 0 Å². The van der Waals surface area contributed by atoms with Crippen LogP contribution in [-0.4, -0.2) is 11.0 Å². The number of carbonyl (C=O) groups is 1. The number of carbonyl (C=O) groups excluding carboxylic acids is 1. The van der Waals surface area contributed by atoms with Gasteiger partial charge in [-0.05, 0) is 40.8 Å². The molecule has 1 aliphatic carbocycles. The third kappa shape index (κ3) is 2.80. The Labute approximate surface area is 90.6 Å². The summed E-state index contributed by atoms with van der Waals surface area (Å²) in [6, 6.07) is 3.47. The molecule has 1 saturated carbocycles. The van der Waals surface area contributed by atoms with Crippen LogP contribution in [0.1, 0.15) is 19.3 Å². The van der Waals surface area contributed by atoms with E-state index in [0.717, 1.165) is 17.3 Å². The van der Waals surface area contributed by atoms with Gasteiger partial charge < -0.3 is 4.74 Å². The van der Waals surface area contributed by atoms with Crippen molar-refractivity contribution >= 4 is 21.9 Å². The molecule has 1 aromatic heterocycles. The first-order valence-electron chi connectivity index (χ1n) is 4.56. The molecule has 1 heterocycles. The Morgan fingerprint density at radius 2 is 2.36 bits per heavy atom. The Bertz CT molecular complexity index is 332. The minimum atomic E-state index is -0.178. The molecule has 0 bridgehead atoms. The Hall–Kier alpha value is -0.900. The summed E-state index contributed by atoms with van der Waals surface area (Å²) in [7, 11) is 0. The molecule has 2 rings (SSSR count). The van der Waals surface area contributed by atoms with Gasteiger partial charge in [-0.3, -0.25) is 4.79 Å². The molecule has 0 spiro atoms. The molecule has 4 heteroatoms.